The van der Waals surface area contributed by atoms with E-state index in [1.54, 1.807) is 5.32 Å². The molecular formula is C20H19ClF4N4O3. The van der Waals surface area contributed by atoms with Crippen LogP contribution in [0.15, 0.2) is 12.3 Å². The van der Waals surface area contributed by atoms with Crippen LogP contribution in [0.25, 0.3) is 0 Å². The van der Waals surface area contributed by atoms with Crippen LogP contribution in [0.3, 0.4) is 0 Å². The Balaban J connectivity index is 1.95. The van der Waals surface area contributed by atoms with Gasteiger partial charge in [-0.3, -0.25) is 14.4 Å². The first-order valence-electron chi connectivity index (χ1n) is 9.68. The van der Waals surface area contributed by atoms with Crippen molar-refractivity contribution in [1.29, 1.82) is 0 Å². The van der Waals surface area contributed by atoms with E-state index in [4.69, 9.17) is 11.6 Å². The molecule has 0 unspecified atom stereocenters. The van der Waals surface area contributed by atoms with Gasteiger partial charge in [0.1, 0.15) is 11.7 Å². The average Bonchev–Trinajstić information content (AvgIpc) is 3.01. The summed E-state index contributed by atoms with van der Waals surface area (Å²) in [6, 6.07) is -0.889. The number of halogens is 5. The molecule has 32 heavy (non-hydrogen) atoms. The summed E-state index contributed by atoms with van der Waals surface area (Å²) in [5.74, 6) is -4.16. The Kier molecular flexibility index (Phi) is 6.59. The molecule has 2 aromatic heterocycles. The minimum Gasteiger partial charge on any atom is -0.340 e. The topological polar surface area (TPSA) is 93.1 Å². The Morgan fingerprint density at radius 3 is 2.56 bits per heavy atom. The molecule has 2 N–H and O–H groups in total. The first kappa shape index (κ1) is 23.7. The number of nitrogens with zero attached hydrogens (tertiary/aromatic N) is 2. The third kappa shape index (κ3) is 4.62. The van der Waals surface area contributed by atoms with Crippen LogP contribution in [0.2, 0.25) is 5.02 Å². The van der Waals surface area contributed by atoms with Gasteiger partial charge in [0.05, 0.1) is 22.5 Å². The number of carbonyl (C=O) groups excluding carboxylic acids is 3. The Morgan fingerprint density at radius 1 is 1.25 bits per heavy atom. The summed E-state index contributed by atoms with van der Waals surface area (Å²) < 4.78 is 53.1. The van der Waals surface area contributed by atoms with Crippen LogP contribution >= 0.6 is 11.6 Å². The van der Waals surface area contributed by atoms with Gasteiger partial charge in [0.15, 0.2) is 0 Å². The van der Waals surface area contributed by atoms with E-state index in [-0.39, 0.29) is 34.1 Å². The fraction of sp³-hybridized carbons (Fsp3) is 0.400. The van der Waals surface area contributed by atoms with Crippen molar-refractivity contribution in [3.8, 4) is 0 Å². The van der Waals surface area contributed by atoms with Gasteiger partial charge in [-0.2, -0.15) is 17.6 Å². The molecule has 0 aliphatic carbocycles. The third-order valence-corrected chi connectivity index (χ3v) is 5.48. The number of pyridine rings is 1. The number of amides is 2. The molecule has 12 heteroatoms. The van der Waals surface area contributed by atoms with Gasteiger partial charge in [-0.15, -0.1) is 0 Å². The monoisotopic (exact) mass is 474 g/mol. The van der Waals surface area contributed by atoms with Gasteiger partial charge in [0.25, 0.3) is 17.6 Å². The van der Waals surface area contributed by atoms with E-state index < -0.39 is 35.8 Å². The van der Waals surface area contributed by atoms with Gasteiger partial charge in [-0.05, 0) is 39.2 Å². The molecule has 0 spiro atoms. The lowest BCUT2D eigenvalue weighted by Crippen LogP contribution is -2.46. The summed E-state index contributed by atoms with van der Waals surface area (Å²) in [6.07, 6.45) is -1.94. The normalized spacial score (nSPS) is 14.5. The number of ketones is 1. The number of anilines is 1. The van der Waals surface area contributed by atoms with E-state index in [0.717, 1.165) is 6.20 Å². The summed E-state index contributed by atoms with van der Waals surface area (Å²) in [5.41, 5.74) is 0.371. The van der Waals surface area contributed by atoms with Crippen LogP contribution in [-0.4, -0.2) is 39.4 Å². The van der Waals surface area contributed by atoms with Crippen molar-refractivity contribution in [2.45, 2.75) is 51.9 Å². The zero-order valence-corrected chi connectivity index (χ0v) is 17.8. The zero-order chi connectivity index (χ0) is 23.8. The Hall–Kier alpha value is -2.95. The molecule has 0 saturated heterocycles. The highest BCUT2D eigenvalue weighted by atomic mass is 35.5. The lowest BCUT2D eigenvalue weighted by atomic mass is 10.1. The second kappa shape index (κ2) is 8.89. The van der Waals surface area contributed by atoms with Crippen molar-refractivity contribution in [2.75, 3.05) is 5.32 Å². The molecule has 1 atom stereocenters. The molecule has 2 amide bonds. The summed E-state index contributed by atoms with van der Waals surface area (Å²) in [7, 11) is 0. The molecule has 7 nitrogen and oxygen atoms in total. The minimum atomic E-state index is -4.73. The molecule has 0 fully saturated rings. The highest BCUT2D eigenvalue weighted by Gasteiger charge is 2.40. The molecule has 2 aromatic rings. The second-order valence-corrected chi connectivity index (χ2v) is 7.82. The van der Waals surface area contributed by atoms with Crippen LogP contribution in [0, 0.1) is 12.9 Å². The molecule has 0 saturated carbocycles. The Bertz CT molecular complexity index is 1100. The number of carbonyl (C=O) groups is 3. The maximum Gasteiger partial charge on any atom is 0.408 e. The summed E-state index contributed by atoms with van der Waals surface area (Å²) in [6.45, 7) is 2.43. The van der Waals surface area contributed by atoms with Gasteiger partial charge in [0, 0.05) is 17.8 Å². The summed E-state index contributed by atoms with van der Waals surface area (Å²) >= 11 is 6.32. The maximum atomic E-state index is 13.4. The molecule has 0 bridgehead atoms. The molecule has 3 heterocycles. The van der Waals surface area contributed by atoms with Crippen molar-refractivity contribution in [1.82, 2.24) is 14.9 Å². The number of rotatable bonds is 5. The summed E-state index contributed by atoms with van der Waals surface area (Å²) in [4.78, 5) is 41.4. The van der Waals surface area contributed by atoms with Gasteiger partial charge < -0.3 is 15.2 Å². The van der Waals surface area contributed by atoms with Gasteiger partial charge >= 0.3 is 6.18 Å². The van der Waals surface area contributed by atoms with E-state index in [2.05, 4.69) is 10.3 Å². The first-order valence-corrected chi connectivity index (χ1v) is 10.1. The molecule has 3 rings (SSSR count). The number of aromatic nitrogens is 2. The minimum absolute atomic E-state index is 0.0617. The maximum absolute atomic E-state index is 13.4. The van der Waals surface area contributed by atoms with Crippen molar-refractivity contribution >= 4 is 34.9 Å². The lowest BCUT2D eigenvalue weighted by Gasteiger charge is -2.19. The van der Waals surface area contributed by atoms with Crippen LogP contribution in [0.1, 0.15) is 51.9 Å². The first-order chi connectivity index (χ1) is 14.9. The largest absolute Gasteiger partial charge is 0.408 e. The predicted molar refractivity (Wildman–Crippen MR) is 107 cm³/mol. The fourth-order valence-corrected chi connectivity index (χ4v) is 3.81. The number of nitrogens with one attached hydrogen (secondary N) is 2. The van der Waals surface area contributed by atoms with E-state index in [0.29, 0.717) is 31.9 Å². The number of hydrogen-bond donors (Lipinski definition) is 2. The number of aryl methyl sites for hydroxylation is 1. The molecule has 1 aliphatic heterocycles. The number of hydrogen-bond acceptors (Lipinski definition) is 4. The molecular weight excluding hydrogens is 456 g/mol. The third-order valence-electron chi connectivity index (χ3n) is 5.12. The fourth-order valence-electron chi connectivity index (χ4n) is 3.43. The highest BCUT2D eigenvalue weighted by molar-refractivity contribution is 6.48. The van der Waals surface area contributed by atoms with Crippen LogP contribution in [0.4, 0.5) is 23.2 Å². The van der Waals surface area contributed by atoms with Gasteiger partial charge in [-0.25, -0.2) is 4.98 Å². The zero-order valence-electron chi connectivity index (χ0n) is 17.1. The van der Waals surface area contributed by atoms with Crippen LogP contribution in [0.5, 0.6) is 0 Å². The molecule has 1 aliphatic rings. The van der Waals surface area contributed by atoms with Crippen LogP contribution < -0.4 is 10.6 Å². The van der Waals surface area contributed by atoms with Crippen molar-refractivity contribution in [2.24, 2.45) is 0 Å². The average molecular weight is 475 g/mol. The van der Waals surface area contributed by atoms with Crippen molar-refractivity contribution in [3.63, 3.8) is 0 Å². The quantitative estimate of drug-likeness (QED) is 0.298. The van der Waals surface area contributed by atoms with E-state index >= 15 is 0 Å². The Labute approximate surface area is 185 Å². The van der Waals surface area contributed by atoms with E-state index in [9.17, 15) is 31.9 Å². The summed E-state index contributed by atoms with van der Waals surface area (Å²) in [5, 5.41) is 3.81. The Morgan fingerprint density at radius 2 is 1.94 bits per heavy atom. The lowest BCUT2D eigenvalue weighted by molar-refractivity contribution is -0.156. The number of fused-ring (bicyclic) bond motifs is 1. The highest BCUT2D eigenvalue weighted by Crippen LogP contribution is 2.33. The van der Waals surface area contributed by atoms with Crippen LogP contribution in [-0.2, 0) is 17.8 Å². The van der Waals surface area contributed by atoms with Crippen molar-refractivity contribution in [3.05, 3.63) is 45.7 Å². The SMILES string of the molecule is Cc1cc(NC(=O)c2c(Cl)c(C(=O)C(=O)N[C@H](C)C(F)(F)F)n3c2CCCC3)cnc1F. The molecule has 0 aromatic carbocycles. The van der Waals surface area contributed by atoms with E-state index in [1.807, 2.05) is 0 Å². The van der Waals surface area contributed by atoms with Gasteiger partial charge in [0.2, 0.25) is 5.95 Å². The number of alkyl halides is 3. The van der Waals surface area contributed by atoms with Gasteiger partial charge in [-0.1, -0.05) is 11.6 Å². The standard InChI is InChI=1S/C20H19ClF4N4O3/c1-9-7-11(8-26-17(9)22)28-18(31)13-12-5-3-4-6-29(12)15(14(13)21)16(30)19(32)27-10(2)20(23,24)25/h7-8,10H,3-6H2,1-2H3,(H,27,32)(H,28,31)/t10-/m1/s1. The molecule has 172 valence electrons. The predicted octanol–water partition coefficient (Wildman–Crippen LogP) is 3.82. The van der Waals surface area contributed by atoms with E-state index in [1.165, 1.54) is 17.6 Å². The second-order valence-electron chi connectivity index (χ2n) is 7.44. The van der Waals surface area contributed by atoms with Crippen molar-refractivity contribution < 1.29 is 31.9 Å². The smallest absolute Gasteiger partial charge is 0.340 e. The molecule has 0 radical (unpaired) electrons. The number of Topliss-reactive ketones (excluding diaryl/α,β-unsaturated/α-hetero) is 1.